The molecule has 0 spiro atoms. The molecular formula is C25H21F3N4O3S2. The van der Waals surface area contributed by atoms with Gasteiger partial charge in [-0.25, -0.2) is 0 Å². The van der Waals surface area contributed by atoms with Crippen molar-refractivity contribution in [2.45, 2.75) is 30.1 Å². The predicted octanol–water partition coefficient (Wildman–Crippen LogP) is 5.68. The fourth-order valence-corrected chi connectivity index (χ4v) is 5.76. The fraction of sp³-hybridized carbons (Fsp3) is 0.240. The molecule has 5 aromatic rings. The number of fused-ring (bicyclic) bond motifs is 3. The lowest BCUT2D eigenvalue weighted by atomic mass is 10.1. The molecule has 0 amide bonds. The van der Waals surface area contributed by atoms with Crippen molar-refractivity contribution in [2.24, 2.45) is 0 Å². The minimum atomic E-state index is -4.41. The van der Waals surface area contributed by atoms with Gasteiger partial charge < -0.3 is 9.47 Å². The summed E-state index contributed by atoms with van der Waals surface area (Å²) in [4.78, 5) is 13.3. The van der Waals surface area contributed by atoms with Gasteiger partial charge in [0.1, 0.15) is 4.70 Å². The Hall–Kier alpha value is -3.51. The van der Waals surface area contributed by atoms with E-state index in [-0.39, 0.29) is 11.3 Å². The first-order valence-corrected chi connectivity index (χ1v) is 13.0. The van der Waals surface area contributed by atoms with E-state index in [2.05, 4.69) is 10.2 Å². The average Bonchev–Trinajstić information content (AvgIpc) is 3.54. The highest BCUT2D eigenvalue weighted by atomic mass is 32.2. The molecule has 37 heavy (non-hydrogen) atoms. The maximum atomic E-state index is 13.3. The number of nitrogens with zero attached hydrogens (tertiary/aromatic N) is 4. The Morgan fingerprint density at radius 2 is 1.81 bits per heavy atom. The van der Waals surface area contributed by atoms with E-state index in [0.717, 1.165) is 17.7 Å². The van der Waals surface area contributed by atoms with Gasteiger partial charge in [0, 0.05) is 12.3 Å². The number of thioether (sulfide) groups is 1. The summed E-state index contributed by atoms with van der Waals surface area (Å²) in [5, 5.41) is 10.9. The zero-order valence-electron chi connectivity index (χ0n) is 19.8. The van der Waals surface area contributed by atoms with Crippen molar-refractivity contribution in [1.29, 1.82) is 0 Å². The molecular weight excluding hydrogens is 525 g/mol. The van der Waals surface area contributed by atoms with E-state index in [9.17, 15) is 18.0 Å². The van der Waals surface area contributed by atoms with Crippen LogP contribution in [-0.4, -0.2) is 33.4 Å². The van der Waals surface area contributed by atoms with Crippen molar-refractivity contribution in [1.82, 2.24) is 19.2 Å². The number of methoxy groups -OCH3 is 2. The van der Waals surface area contributed by atoms with Crippen LogP contribution in [0.4, 0.5) is 13.2 Å². The monoisotopic (exact) mass is 546 g/mol. The number of aryl methyl sites for hydroxylation is 2. The normalized spacial score (nSPS) is 11.9. The van der Waals surface area contributed by atoms with E-state index in [1.165, 1.54) is 29.2 Å². The first kappa shape index (κ1) is 25.2. The number of alkyl halides is 3. The number of hydrogen-bond donors (Lipinski definition) is 0. The molecule has 0 aliphatic rings. The Kier molecular flexibility index (Phi) is 6.86. The van der Waals surface area contributed by atoms with Gasteiger partial charge in [0.2, 0.25) is 5.78 Å². The van der Waals surface area contributed by atoms with Crippen molar-refractivity contribution in [3.05, 3.63) is 81.0 Å². The van der Waals surface area contributed by atoms with Crippen LogP contribution in [0, 0.1) is 0 Å². The number of thiophene rings is 1. The molecule has 5 rings (SSSR count). The summed E-state index contributed by atoms with van der Waals surface area (Å²) in [6.07, 6.45) is -3.87. The Morgan fingerprint density at radius 3 is 2.57 bits per heavy atom. The molecule has 0 aliphatic carbocycles. The maximum absolute atomic E-state index is 13.3. The highest BCUT2D eigenvalue weighted by Crippen LogP contribution is 2.32. The lowest BCUT2D eigenvalue weighted by Gasteiger charge is -2.12. The first-order chi connectivity index (χ1) is 17.8. The molecule has 3 heterocycles. The van der Waals surface area contributed by atoms with Crippen molar-refractivity contribution >= 4 is 39.1 Å². The predicted molar refractivity (Wildman–Crippen MR) is 137 cm³/mol. The molecule has 0 saturated carbocycles. The molecule has 7 nitrogen and oxygen atoms in total. The van der Waals surface area contributed by atoms with Gasteiger partial charge in [0.05, 0.1) is 25.3 Å². The van der Waals surface area contributed by atoms with Gasteiger partial charge in [-0.3, -0.25) is 13.8 Å². The third-order valence-corrected chi connectivity index (χ3v) is 7.77. The second-order valence-corrected chi connectivity index (χ2v) is 9.99. The smallest absolute Gasteiger partial charge is 0.416 e. The van der Waals surface area contributed by atoms with Crippen LogP contribution in [0.15, 0.2) is 63.9 Å². The van der Waals surface area contributed by atoms with E-state index in [1.807, 2.05) is 29.6 Å². The summed E-state index contributed by atoms with van der Waals surface area (Å²) in [7, 11) is 3.13. The zero-order valence-corrected chi connectivity index (χ0v) is 21.4. The Bertz CT molecular complexity index is 1640. The van der Waals surface area contributed by atoms with Crippen LogP contribution in [0.5, 0.6) is 11.5 Å². The third-order valence-electron chi connectivity index (χ3n) is 5.88. The minimum Gasteiger partial charge on any atom is -0.493 e. The standard InChI is InChI=1S/C25H21F3N4O3S2/c1-34-19-7-6-15(13-20(19)35-2)8-10-31-22(33)21-18(9-11-36-21)32-23(31)29-30-24(32)37-14-16-4-3-5-17(12-16)25(26,27)28/h3-7,9,11-13H,8,10,14H2,1-2H3. The topological polar surface area (TPSA) is 70.7 Å². The summed E-state index contributed by atoms with van der Waals surface area (Å²) in [5.41, 5.74) is 1.28. The van der Waals surface area contributed by atoms with E-state index in [0.29, 0.717) is 51.2 Å². The van der Waals surface area contributed by atoms with Crippen molar-refractivity contribution in [3.63, 3.8) is 0 Å². The van der Waals surface area contributed by atoms with Gasteiger partial charge in [0.15, 0.2) is 16.7 Å². The van der Waals surface area contributed by atoms with E-state index in [4.69, 9.17) is 9.47 Å². The second kappa shape index (κ2) is 10.1. The summed E-state index contributed by atoms with van der Waals surface area (Å²) in [6, 6.07) is 12.6. The van der Waals surface area contributed by atoms with Gasteiger partial charge in [-0.2, -0.15) is 13.2 Å². The molecule has 0 bridgehead atoms. The number of hydrogen-bond acceptors (Lipinski definition) is 7. The molecule has 12 heteroatoms. The second-order valence-electron chi connectivity index (χ2n) is 8.14. The molecule has 2 aromatic carbocycles. The highest BCUT2D eigenvalue weighted by molar-refractivity contribution is 7.98. The molecule has 0 fully saturated rings. The van der Waals surface area contributed by atoms with E-state index in [1.54, 1.807) is 29.3 Å². The van der Waals surface area contributed by atoms with Crippen LogP contribution >= 0.6 is 23.1 Å². The number of benzene rings is 2. The highest BCUT2D eigenvalue weighted by Gasteiger charge is 2.30. The number of halogens is 3. The van der Waals surface area contributed by atoms with Gasteiger partial charge in [0.25, 0.3) is 5.56 Å². The molecule has 0 aliphatic heterocycles. The van der Waals surface area contributed by atoms with Crippen LogP contribution in [0.2, 0.25) is 0 Å². The number of aromatic nitrogens is 4. The summed E-state index contributed by atoms with van der Waals surface area (Å²) in [5.74, 6) is 1.86. The Balaban J connectivity index is 1.47. The first-order valence-electron chi connectivity index (χ1n) is 11.1. The molecule has 0 unspecified atom stereocenters. The molecule has 0 radical (unpaired) electrons. The van der Waals surface area contributed by atoms with Crippen LogP contribution in [-0.2, 0) is 24.9 Å². The van der Waals surface area contributed by atoms with E-state index >= 15 is 0 Å². The summed E-state index contributed by atoms with van der Waals surface area (Å²) >= 11 is 2.59. The molecule has 3 aromatic heterocycles. The van der Waals surface area contributed by atoms with Crippen molar-refractivity contribution in [3.8, 4) is 11.5 Å². The minimum absolute atomic E-state index is 0.167. The average molecular weight is 547 g/mol. The SMILES string of the molecule is COc1ccc(CCn2c(=O)c3sccc3n3c(SCc4cccc(C(F)(F)F)c4)nnc23)cc1OC. The number of rotatable bonds is 8. The van der Waals surface area contributed by atoms with Crippen molar-refractivity contribution < 1.29 is 22.6 Å². The molecule has 0 saturated heterocycles. The summed E-state index contributed by atoms with van der Waals surface area (Å²) in [6.45, 7) is 0.349. The van der Waals surface area contributed by atoms with Crippen LogP contribution < -0.4 is 15.0 Å². The third kappa shape index (κ3) is 4.90. The van der Waals surface area contributed by atoms with Crippen molar-refractivity contribution in [2.75, 3.05) is 14.2 Å². The van der Waals surface area contributed by atoms with Crippen LogP contribution in [0.3, 0.4) is 0 Å². The fourth-order valence-electron chi connectivity index (χ4n) is 4.06. The van der Waals surface area contributed by atoms with E-state index < -0.39 is 11.7 Å². The molecule has 192 valence electrons. The van der Waals surface area contributed by atoms with Crippen LogP contribution in [0.1, 0.15) is 16.7 Å². The van der Waals surface area contributed by atoms with Crippen LogP contribution in [0.25, 0.3) is 16.0 Å². The van der Waals surface area contributed by atoms with Gasteiger partial charge in [-0.1, -0.05) is 36.0 Å². The molecule has 0 atom stereocenters. The van der Waals surface area contributed by atoms with Gasteiger partial charge in [-0.15, -0.1) is 21.5 Å². The molecule has 0 N–H and O–H groups in total. The maximum Gasteiger partial charge on any atom is 0.416 e. The lowest BCUT2D eigenvalue weighted by molar-refractivity contribution is -0.137. The largest absolute Gasteiger partial charge is 0.493 e. The quantitative estimate of drug-likeness (QED) is 0.234. The Labute approximate surface area is 217 Å². The summed E-state index contributed by atoms with van der Waals surface area (Å²) < 4.78 is 53.9. The van der Waals surface area contributed by atoms with Gasteiger partial charge >= 0.3 is 6.18 Å². The number of ether oxygens (including phenoxy) is 2. The van der Waals surface area contributed by atoms with Gasteiger partial charge in [-0.05, 0) is 47.2 Å². The lowest BCUT2D eigenvalue weighted by Crippen LogP contribution is -2.23. The Morgan fingerprint density at radius 1 is 1.00 bits per heavy atom. The zero-order chi connectivity index (χ0) is 26.2.